The molecule has 102 valence electrons. The van der Waals surface area contributed by atoms with E-state index in [1.54, 1.807) is 4.68 Å². The molecule has 1 aromatic heterocycles. The summed E-state index contributed by atoms with van der Waals surface area (Å²) in [6.45, 7) is -2.21. The second kappa shape index (κ2) is 7.60. The van der Waals surface area contributed by atoms with Crippen molar-refractivity contribution in [2.24, 2.45) is 0 Å². The molecule has 0 bridgehead atoms. The van der Waals surface area contributed by atoms with Crippen LogP contribution in [-0.4, -0.2) is 21.7 Å². The molecule has 0 N–H and O–H groups in total. The van der Waals surface area contributed by atoms with Gasteiger partial charge in [-0.05, 0) is 19.1 Å². The normalized spacial score (nSPS) is 11.0. The van der Waals surface area contributed by atoms with Crippen molar-refractivity contribution in [3.63, 3.8) is 0 Å². The quantitative estimate of drug-likeness (QED) is 0.661. The molecule has 4 nitrogen and oxygen atoms in total. The Kier molecular flexibility index (Phi) is 6.73. The van der Waals surface area contributed by atoms with E-state index in [9.17, 15) is 12.9 Å². The van der Waals surface area contributed by atoms with E-state index < -0.39 is 12.4 Å². The van der Waals surface area contributed by atoms with E-state index >= 15 is 0 Å². The summed E-state index contributed by atoms with van der Waals surface area (Å²) in [5, 5.41) is 3.97. The summed E-state index contributed by atoms with van der Waals surface area (Å²) < 4.78 is 44.3. The molecule has 2 aromatic rings. The zero-order valence-corrected chi connectivity index (χ0v) is 14.4. The predicted molar refractivity (Wildman–Crippen MR) is 65.2 cm³/mol. The summed E-state index contributed by atoms with van der Waals surface area (Å²) in [7, 11) is 0. The molecule has 0 radical (unpaired) electrons. The Bertz CT molecular complexity index is 545. The van der Waals surface area contributed by atoms with Crippen molar-refractivity contribution in [2.45, 2.75) is 20.1 Å². The van der Waals surface area contributed by atoms with Crippen molar-refractivity contribution in [1.29, 1.82) is 0 Å². The maximum atomic E-state index is 12.4. The van der Waals surface area contributed by atoms with Crippen LogP contribution in [-0.2, 0) is 13.2 Å². The molecule has 0 atom stereocenters. The van der Waals surface area contributed by atoms with Gasteiger partial charge in [-0.25, -0.2) is 9.67 Å². The average molecular weight is 309 g/mol. The summed E-state index contributed by atoms with van der Waals surface area (Å²) in [4.78, 5) is 4.01. The molecule has 0 saturated heterocycles. The molecule has 0 saturated carbocycles. The van der Waals surface area contributed by atoms with Crippen molar-refractivity contribution in [3.8, 4) is 5.75 Å². The number of aromatic nitrogens is 3. The first kappa shape index (κ1) is 17.7. The molecule has 1 heterocycles. The number of aryl methyl sites for hydroxylation is 1. The molecule has 0 spiro atoms. The zero-order chi connectivity index (χ0) is 13.9. The maximum Gasteiger partial charge on any atom is 1.00 e. The van der Waals surface area contributed by atoms with E-state index in [-0.39, 0.29) is 58.0 Å². The molecular weight excluding hydrogens is 297 g/mol. The summed E-state index contributed by atoms with van der Waals surface area (Å²) in [5.74, 6) is 1.00. The van der Waals surface area contributed by atoms with Gasteiger partial charge in [0.25, 0.3) is 0 Å². The first-order valence-corrected chi connectivity index (χ1v) is 5.80. The Hall–Kier alpha value is -0.349. The fourth-order valence-electron chi connectivity index (χ4n) is 1.59. The van der Waals surface area contributed by atoms with Gasteiger partial charge in [-0.2, -0.15) is 5.10 Å². The fourth-order valence-corrected chi connectivity index (χ4v) is 1.59. The average Bonchev–Trinajstić information content (AvgIpc) is 2.83. The van der Waals surface area contributed by atoms with Crippen molar-refractivity contribution >= 4 is 12.4 Å². The smallest absolute Gasteiger partial charge is 0.486 e. The van der Waals surface area contributed by atoms with Crippen molar-refractivity contribution < 1.29 is 69.1 Å². The Morgan fingerprint density at radius 3 is 2.40 bits per heavy atom. The van der Waals surface area contributed by atoms with Crippen molar-refractivity contribution in [3.05, 3.63) is 36.4 Å². The predicted octanol–water partition coefficient (Wildman–Crippen LogP) is -1.06. The minimum atomic E-state index is -4.96. The largest absolute Gasteiger partial charge is 1.00 e. The third-order valence-corrected chi connectivity index (χ3v) is 2.62. The van der Waals surface area contributed by atoms with Crippen LogP contribution in [0.25, 0.3) is 0 Å². The first-order chi connectivity index (χ1) is 9.00. The van der Waals surface area contributed by atoms with E-state index in [0.717, 1.165) is 12.1 Å². The van der Waals surface area contributed by atoms with Crippen LogP contribution in [0.1, 0.15) is 12.7 Å². The van der Waals surface area contributed by atoms with Crippen LogP contribution in [0.4, 0.5) is 12.9 Å². The molecule has 20 heavy (non-hydrogen) atoms. The fraction of sp³-hybridized carbons (Fsp3) is 0.273. The zero-order valence-electron chi connectivity index (χ0n) is 11.3. The molecule has 0 aliphatic carbocycles. The Balaban J connectivity index is 0.00000200. The van der Waals surface area contributed by atoms with Gasteiger partial charge in [0.2, 0.25) is 0 Å². The number of halogens is 3. The minimum Gasteiger partial charge on any atom is -0.486 e. The third kappa shape index (κ3) is 4.59. The van der Waals surface area contributed by atoms with E-state index in [0.29, 0.717) is 18.1 Å². The number of hydrogen-bond acceptors (Lipinski definition) is 3. The van der Waals surface area contributed by atoms with Gasteiger partial charge < -0.3 is 17.7 Å². The number of rotatable bonds is 5. The molecule has 0 amide bonds. The van der Waals surface area contributed by atoms with Crippen LogP contribution in [0, 0.1) is 0 Å². The molecule has 1 aromatic carbocycles. The Morgan fingerprint density at radius 1 is 1.20 bits per heavy atom. The monoisotopic (exact) mass is 309 g/mol. The number of ether oxygens (including phenoxy) is 1. The minimum absolute atomic E-state index is 0. The van der Waals surface area contributed by atoms with E-state index in [4.69, 9.17) is 4.74 Å². The van der Waals surface area contributed by atoms with Crippen molar-refractivity contribution in [2.75, 3.05) is 0 Å². The molecule has 0 aliphatic heterocycles. The molecule has 9 heteroatoms. The van der Waals surface area contributed by atoms with Gasteiger partial charge in [0, 0.05) is 6.54 Å². The van der Waals surface area contributed by atoms with Gasteiger partial charge >= 0.3 is 58.4 Å². The SMILES string of the molecule is CCn1ncnc1COc1ccc([B-](F)(F)F)cc1.[K+]. The first-order valence-electron chi connectivity index (χ1n) is 5.80. The number of hydrogen-bond donors (Lipinski definition) is 0. The molecule has 2 rings (SSSR count). The molecule has 0 fully saturated rings. The van der Waals surface area contributed by atoms with Gasteiger partial charge in [-0.15, -0.1) is 5.46 Å². The van der Waals surface area contributed by atoms with E-state index in [1.807, 2.05) is 6.92 Å². The second-order valence-corrected chi connectivity index (χ2v) is 3.92. The third-order valence-electron chi connectivity index (χ3n) is 2.62. The Morgan fingerprint density at radius 2 is 1.85 bits per heavy atom. The van der Waals surface area contributed by atoms with Crippen molar-refractivity contribution in [1.82, 2.24) is 14.8 Å². The van der Waals surface area contributed by atoms with Gasteiger partial charge in [-0.1, -0.05) is 12.1 Å². The van der Waals surface area contributed by atoms with E-state index in [2.05, 4.69) is 10.1 Å². The maximum absolute atomic E-state index is 12.4. The van der Waals surface area contributed by atoms with Crippen LogP contribution in [0.15, 0.2) is 30.6 Å². The second-order valence-electron chi connectivity index (χ2n) is 3.92. The molecule has 0 unspecified atom stereocenters. The summed E-state index contributed by atoms with van der Waals surface area (Å²) in [5.41, 5.74) is -0.635. The van der Waals surface area contributed by atoms with Gasteiger partial charge in [-0.3, -0.25) is 0 Å². The topological polar surface area (TPSA) is 39.9 Å². The molecule has 0 aliphatic rings. The number of benzene rings is 1. The summed E-state index contributed by atoms with van der Waals surface area (Å²) in [6, 6.07) is 4.63. The molecular formula is C11H12BF3KN3O. The summed E-state index contributed by atoms with van der Waals surface area (Å²) >= 11 is 0. The van der Waals surface area contributed by atoms with Crippen LogP contribution in [0.2, 0.25) is 0 Å². The summed E-state index contributed by atoms with van der Waals surface area (Å²) in [6.07, 6.45) is 1.41. The van der Waals surface area contributed by atoms with Crippen LogP contribution in [0.3, 0.4) is 0 Å². The van der Waals surface area contributed by atoms with Crippen LogP contribution < -0.4 is 61.6 Å². The Labute approximate surface area is 157 Å². The van der Waals surface area contributed by atoms with Crippen LogP contribution >= 0.6 is 0 Å². The van der Waals surface area contributed by atoms with Gasteiger partial charge in [0.05, 0.1) is 0 Å². The van der Waals surface area contributed by atoms with Gasteiger partial charge in [0.15, 0.2) is 5.82 Å². The number of nitrogens with zero attached hydrogens (tertiary/aromatic N) is 3. The van der Waals surface area contributed by atoms with Gasteiger partial charge in [0.1, 0.15) is 18.7 Å². The van der Waals surface area contributed by atoms with Crippen LogP contribution in [0.5, 0.6) is 5.75 Å². The van der Waals surface area contributed by atoms with E-state index in [1.165, 1.54) is 18.5 Å². The standard InChI is InChI=1S/C11H12BF3N3O.K/c1-2-18-11(16-8-17-18)7-19-10-5-3-9(4-6-10)12(13,14)15;/h3-6,8H,2,7H2,1H3;/q-1;+1.